The molecule has 2 N–H and O–H groups in total. The number of likely N-dealkylation sites (tertiary alicyclic amines) is 1. The molecule has 1 amide bonds. The summed E-state index contributed by atoms with van der Waals surface area (Å²) in [5.41, 5.74) is 6.66. The molecule has 0 spiro atoms. The van der Waals surface area contributed by atoms with Crippen LogP contribution in [0.2, 0.25) is 0 Å². The minimum absolute atomic E-state index is 0.0593. The Morgan fingerprint density at radius 3 is 3.04 bits per heavy atom. The van der Waals surface area contributed by atoms with Gasteiger partial charge in [0.25, 0.3) is 0 Å². The topological polar surface area (TPSA) is 98.4 Å². The maximum absolute atomic E-state index is 12.2. The third-order valence-corrected chi connectivity index (χ3v) is 4.26. The zero-order chi connectivity index (χ0) is 16.5. The number of hydrogen-bond acceptors (Lipinski definition) is 6. The van der Waals surface area contributed by atoms with E-state index in [4.69, 9.17) is 14.7 Å². The number of carbonyl (C=O) groups is 1. The predicted molar refractivity (Wildman–Crippen MR) is 86.7 cm³/mol. The lowest BCUT2D eigenvalue weighted by Crippen LogP contribution is -2.41. The smallest absolute Gasteiger partial charge is 0.246 e. The first kappa shape index (κ1) is 14.9. The predicted octanol–water partition coefficient (Wildman–Crippen LogP) is 2.32. The average Bonchev–Trinajstić information content (AvgIpc) is 3.19. The van der Waals surface area contributed by atoms with Crippen LogP contribution in [0.25, 0.3) is 22.6 Å². The summed E-state index contributed by atoms with van der Waals surface area (Å²) in [7, 11) is 0. The van der Waals surface area contributed by atoms with Gasteiger partial charge in [0.2, 0.25) is 17.6 Å². The van der Waals surface area contributed by atoms with Crippen LogP contribution < -0.4 is 5.73 Å². The molecule has 124 valence electrons. The highest BCUT2D eigenvalue weighted by Gasteiger charge is 2.25. The van der Waals surface area contributed by atoms with Gasteiger partial charge in [0.15, 0.2) is 5.76 Å². The van der Waals surface area contributed by atoms with Gasteiger partial charge in [-0.15, -0.1) is 0 Å². The highest BCUT2D eigenvalue weighted by Crippen LogP contribution is 2.26. The van der Waals surface area contributed by atoms with Crippen LogP contribution in [0.4, 0.5) is 0 Å². The van der Waals surface area contributed by atoms with Crippen molar-refractivity contribution in [3.63, 3.8) is 0 Å². The number of nitrogens with two attached hydrogens (primary N) is 1. The Kier molecular flexibility index (Phi) is 3.78. The summed E-state index contributed by atoms with van der Waals surface area (Å²) in [6, 6.07) is 9.13. The molecule has 7 heteroatoms. The third kappa shape index (κ3) is 2.78. The number of rotatable bonds is 3. The van der Waals surface area contributed by atoms with Gasteiger partial charge >= 0.3 is 0 Å². The first-order chi connectivity index (χ1) is 11.7. The highest BCUT2D eigenvalue weighted by molar-refractivity contribution is 5.82. The molecule has 0 radical (unpaired) electrons. The molecule has 0 aliphatic carbocycles. The molecule has 1 fully saturated rings. The monoisotopic (exact) mass is 326 g/mol. The summed E-state index contributed by atoms with van der Waals surface area (Å²) in [5.74, 6) is 1.25. The fourth-order valence-electron chi connectivity index (χ4n) is 2.97. The van der Waals surface area contributed by atoms with Crippen LogP contribution in [-0.2, 0) is 11.3 Å². The van der Waals surface area contributed by atoms with Gasteiger partial charge in [-0.05, 0) is 31.4 Å². The number of furan rings is 1. The van der Waals surface area contributed by atoms with E-state index in [2.05, 4.69) is 10.1 Å². The van der Waals surface area contributed by atoms with Gasteiger partial charge in [-0.25, -0.2) is 0 Å². The van der Waals surface area contributed by atoms with E-state index in [1.807, 2.05) is 30.3 Å². The quantitative estimate of drug-likeness (QED) is 0.793. The van der Waals surface area contributed by atoms with Gasteiger partial charge in [-0.3, -0.25) is 4.79 Å². The summed E-state index contributed by atoms with van der Waals surface area (Å²) in [6.45, 7) is 0.939. The van der Waals surface area contributed by atoms with E-state index >= 15 is 0 Å². The van der Waals surface area contributed by atoms with Crippen molar-refractivity contribution in [2.45, 2.75) is 31.8 Å². The number of carbonyl (C=O) groups excluding carboxylic acids is 1. The van der Waals surface area contributed by atoms with Gasteiger partial charge in [0.05, 0.1) is 6.04 Å². The van der Waals surface area contributed by atoms with Crippen molar-refractivity contribution < 1.29 is 13.7 Å². The zero-order valence-electron chi connectivity index (χ0n) is 13.1. The second kappa shape index (κ2) is 6.09. The molecule has 0 saturated carbocycles. The largest absolute Gasteiger partial charge is 0.453 e. The number of hydrogen-bond donors (Lipinski definition) is 1. The van der Waals surface area contributed by atoms with Crippen LogP contribution in [0, 0.1) is 0 Å². The van der Waals surface area contributed by atoms with Crippen LogP contribution in [0.15, 0.2) is 39.3 Å². The summed E-state index contributed by atoms with van der Waals surface area (Å²) in [4.78, 5) is 18.3. The van der Waals surface area contributed by atoms with Crippen LogP contribution >= 0.6 is 0 Å². The van der Waals surface area contributed by atoms with Gasteiger partial charge in [-0.1, -0.05) is 23.4 Å². The number of amides is 1. The normalized spacial score (nSPS) is 19.0. The molecule has 3 aromatic rings. The molecule has 2 aromatic heterocycles. The van der Waals surface area contributed by atoms with Crippen LogP contribution in [-0.4, -0.2) is 33.5 Å². The molecule has 1 aromatic carbocycles. The molecule has 7 nitrogen and oxygen atoms in total. The summed E-state index contributed by atoms with van der Waals surface area (Å²) in [6.07, 6.45) is 2.62. The number of benzene rings is 1. The molecular weight excluding hydrogens is 308 g/mol. The molecule has 24 heavy (non-hydrogen) atoms. The lowest BCUT2D eigenvalue weighted by Gasteiger charge is -2.20. The van der Waals surface area contributed by atoms with E-state index in [1.54, 1.807) is 4.90 Å². The SMILES string of the molecule is NC1CCCCN(Cc2nc(-c3cc4ccccc4o3)no2)C1=O. The van der Waals surface area contributed by atoms with Crippen molar-refractivity contribution in [3.05, 3.63) is 36.2 Å². The summed E-state index contributed by atoms with van der Waals surface area (Å²) >= 11 is 0. The Morgan fingerprint density at radius 2 is 2.17 bits per heavy atom. The Morgan fingerprint density at radius 1 is 1.29 bits per heavy atom. The van der Waals surface area contributed by atoms with E-state index in [1.165, 1.54) is 0 Å². The van der Waals surface area contributed by atoms with Crippen molar-refractivity contribution in [1.82, 2.24) is 15.0 Å². The second-order valence-electron chi connectivity index (χ2n) is 6.02. The van der Waals surface area contributed by atoms with E-state index in [9.17, 15) is 4.79 Å². The Bertz CT molecular complexity index is 836. The van der Waals surface area contributed by atoms with E-state index in [0.29, 0.717) is 24.0 Å². The fourth-order valence-corrected chi connectivity index (χ4v) is 2.97. The minimum Gasteiger partial charge on any atom is -0.453 e. The van der Waals surface area contributed by atoms with E-state index in [-0.39, 0.29) is 12.5 Å². The molecule has 1 aliphatic rings. The maximum Gasteiger partial charge on any atom is 0.246 e. The number of para-hydroxylation sites is 1. The van der Waals surface area contributed by atoms with Crippen LogP contribution in [0.5, 0.6) is 0 Å². The van der Waals surface area contributed by atoms with Crippen LogP contribution in [0.1, 0.15) is 25.2 Å². The lowest BCUT2D eigenvalue weighted by molar-refractivity contribution is -0.133. The highest BCUT2D eigenvalue weighted by atomic mass is 16.5. The first-order valence-electron chi connectivity index (χ1n) is 8.06. The molecule has 1 unspecified atom stereocenters. The number of fused-ring (bicyclic) bond motifs is 1. The van der Waals surface area contributed by atoms with Gasteiger partial charge in [0.1, 0.15) is 12.1 Å². The molecule has 1 atom stereocenters. The van der Waals surface area contributed by atoms with Crippen LogP contribution in [0.3, 0.4) is 0 Å². The van der Waals surface area contributed by atoms with Crippen molar-refractivity contribution in [2.24, 2.45) is 5.73 Å². The Hall–Kier alpha value is -2.67. The zero-order valence-corrected chi connectivity index (χ0v) is 13.1. The molecular formula is C17H18N4O3. The van der Waals surface area contributed by atoms with Gasteiger partial charge in [-0.2, -0.15) is 4.98 Å². The van der Waals surface area contributed by atoms with Crippen molar-refractivity contribution in [3.8, 4) is 11.6 Å². The van der Waals surface area contributed by atoms with Gasteiger partial charge in [0, 0.05) is 11.9 Å². The molecule has 1 saturated heterocycles. The third-order valence-electron chi connectivity index (χ3n) is 4.26. The van der Waals surface area contributed by atoms with Crippen molar-refractivity contribution in [2.75, 3.05) is 6.54 Å². The second-order valence-corrected chi connectivity index (χ2v) is 6.02. The van der Waals surface area contributed by atoms with Gasteiger partial charge < -0.3 is 19.6 Å². The minimum atomic E-state index is -0.440. The van der Waals surface area contributed by atoms with E-state index < -0.39 is 6.04 Å². The Labute approximate surface area is 138 Å². The lowest BCUT2D eigenvalue weighted by atomic mass is 10.1. The molecule has 1 aliphatic heterocycles. The molecule has 3 heterocycles. The number of aromatic nitrogens is 2. The summed E-state index contributed by atoms with van der Waals surface area (Å²) in [5, 5.41) is 4.94. The van der Waals surface area contributed by atoms with Crippen molar-refractivity contribution >= 4 is 16.9 Å². The van der Waals surface area contributed by atoms with Crippen molar-refractivity contribution in [1.29, 1.82) is 0 Å². The standard InChI is InChI=1S/C17H18N4O3/c18-12-6-3-4-8-21(17(12)22)10-15-19-16(20-24-15)14-9-11-5-1-2-7-13(11)23-14/h1-2,5,7,9,12H,3-4,6,8,10,18H2. The molecule has 4 rings (SSSR count). The molecule has 0 bridgehead atoms. The number of nitrogens with zero attached hydrogens (tertiary/aromatic N) is 3. The first-order valence-corrected chi connectivity index (χ1v) is 8.06. The van der Waals surface area contributed by atoms with E-state index in [0.717, 1.165) is 30.2 Å². The maximum atomic E-state index is 12.2. The Balaban J connectivity index is 1.55. The average molecular weight is 326 g/mol. The fraction of sp³-hybridized carbons (Fsp3) is 0.353. The summed E-state index contributed by atoms with van der Waals surface area (Å²) < 4.78 is 11.0.